The van der Waals surface area contributed by atoms with Crippen molar-refractivity contribution in [1.29, 1.82) is 0 Å². The normalized spacial score (nSPS) is 24.0. The molecule has 51 heavy (non-hydrogen) atoms. The molecule has 5 aliphatic rings. The van der Waals surface area contributed by atoms with Crippen molar-refractivity contribution in [3.63, 3.8) is 0 Å². The topological polar surface area (TPSA) is 126 Å². The van der Waals surface area contributed by atoms with E-state index in [1.807, 2.05) is 6.07 Å². The summed E-state index contributed by atoms with van der Waals surface area (Å²) in [7, 11) is 0. The zero-order chi connectivity index (χ0) is 36.2. The summed E-state index contributed by atoms with van der Waals surface area (Å²) < 4.78 is 15.3. The predicted octanol–water partition coefficient (Wildman–Crippen LogP) is 2.73. The van der Waals surface area contributed by atoms with Crippen molar-refractivity contribution in [3.05, 3.63) is 58.9 Å². The molecule has 4 aliphatic heterocycles. The number of fused-ring (bicyclic) bond motifs is 1. The number of carbonyl (C=O) groups is 5. The number of amides is 5. The lowest BCUT2D eigenvalue weighted by atomic mass is 9.52. The zero-order valence-electron chi connectivity index (χ0n) is 30.0. The minimum atomic E-state index is -0.977. The SMILES string of the molecule is CC1(C)CC(C)(C)C1NC(=O)c1ccc(N2CCN(CCN3CCN(c4ccc5c(c4)C(=O)N(C4CCC(=O)NC4=O)C5=O)CC3)CC2)c(F)c1. The van der Waals surface area contributed by atoms with Gasteiger partial charge in [0.2, 0.25) is 11.8 Å². The van der Waals surface area contributed by atoms with Crippen molar-refractivity contribution in [2.45, 2.75) is 59.0 Å². The van der Waals surface area contributed by atoms with Gasteiger partial charge in [-0.25, -0.2) is 4.39 Å². The van der Waals surface area contributed by atoms with Crippen molar-refractivity contribution >= 4 is 40.9 Å². The number of carbonyl (C=O) groups excluding carboxylic acids is 5. The number of imide groups is 2. The van der Waals surface area contributed by atoms with Crippen LogP contribution in [-0.2, 0) is 9.59 Å². The Morgan fingerprint density at radius 2 is 1.41 bits per heavy atom. The molecule has 12 nitrogen and oxygen atoms in total. The summed E-state index contributed by atoms with van der Waals surface area (Å²) in [5.41, 5.74) is 2.37. The van der Waals surface area contributed by atoms with E-state index in [9.17, 15) is 24.0 Å². The maximum absolute atomic E-state index is 15.3. The number of halogens is 1. The number of nitrogens with zero attached hydrogens (tertiary/aromatic N) is 5. The van der Waals surface area contributed by atoms with Gasteiger partial charge >= 0.3 is 0 Å². The molecule has 0 aromatic heterocycles. The van der Waals surface area contributed by atoms with Crippen LogP contribution in [0, 0.1) is 16.6 Å². The molecule has 3 saturated heterocycles. The minimum absolute atomic E-state index is 0.0210. The van der Waals surface area contributed by atoms with E-state index in [0.717, 1.165) is 69.4 Å². The van der Waals surface area contributed by atoms with Gasteiger partial charge in [0.1, 0.15) is 11.9 Å². The molecule has 272 valence electrons. The minimum Gasteiger partial charge on any atom is -0.369 e. The van der Waals surface area contributed by atoms with Crippen LogP contribution >= 0.6 is 0 Å². The van der Waals surface area contributed by atoms with Gasteiger partial charge in [0.15, 0.2) is 0 Å². The summed E-state index contributed by atoms with van der Waals surface area (Å²) in [4.78, 5) is 73.4. The van der Waals surface area contributed by atoms with Gasteiger partial charge in [-0.2, -0.15) is 0 Å². The Labute approximate surface area is 298 Å². The van der Waals surface area contributed by atoms with E-state index < -0.39 is 29.7 Å². The van der Waals surface area contributed by atoms with E-state index in [-0.39, 0.29) is 47.0 Å². The molecule has 2 aromatic carbocycles. The molecule has 0 spiro atoms. The number of hydrogen-bond acceptors (Lipinski definition) is 9. The molecule has 13 heteroatoms. The van der Waals surface area contributed by atoms with Crippen molar-refractivity contribution in [2.75, 3.05) is 75.2 Å². The van der Waals surface area contributed by atoms with Gasteiger partial charge in [0.05, 0.1) is 16.8 Å². The first kappa shape index (κ1) is 35.1. The molecule has 4 fully saturated rings. The fraction of sp³-hybridized carbons (Fsp3) is 0.553. The lowest BCUT2D eigenvalue weighted by Gasteiger charge is -2.57. The van der Waals surface area contributed by atoms with Crippen LogP contribution < -0.4 is 20.4 Å². The summed E-state index contributed by atoms with van der Waals surface area (Å²) in [6.45, 7) is 16.8. The lowest BCUT2D eigenvalue weighted by Crippen LogP contribution is -2.63. The smallest absolute Gasteiger partial charge is 0.262 e. The van der Waals surface area contributed by atoms with Gasteiger partial charge in [-0.1, -0.05) is 27.7 Å². The number of piperidine rings is 1. The third kappa shape index (κ3) is 6.73. The van der Waals surface area contributed by atoms with Gasteiger partial charge in [0.25, 0.3) is 17.7 Å². The van der Waals surface area contributed by atoms with E-state index in [4.69, 9.17) is 0 Å². The Kier molecular flexibility index (Phi) is 9.16. The second kappa shape index (κ2) is 13.3. The Morgan fingerprint density at radius 1 is 0.804 bits per heavy atom. The predicted molar refractivity (Wildman–Crippen MR) is 190 cm³/mol. The third-order valence-electron chi connectivity index (χ3n) is 11.6. The molecule has 1 saturated carbocycles. The number of nitrogens with one attached hydrogen (secondary N) is 2. The van der Waals surface area contributed by atoms with Crippen LogP contribution in [0.25, 0.3) is 0 Å². The Morgan fingerprint density at radius 3 is 2.00 bits per heavy atom. The number of piperazine rings is 2. The number of anilines is 2. The first-order chi connectivity index (χ1) is 24.2. The van der Waals surface area contributed by atoms with E-state index in [0.29, 0.717) is 29.9 Å². The maximum atomic E-state index is 15.3. The number of rotatable bonds is 8. The zero-order valence-corrected chi connectivity index (χ0v) is 30.0. The first-order valence-electron chi connectivity index (χ1n) is 18.1. The summed E-state index contributed by atoms with van der Waals surface area (Å²) >= 11 is 0. The van der Waals surface area contributed by atoms with E-state index in [1.54, 1.807) is 24.3 Å². The first-order valence-corrected chi connectivity index (χ1v) is 18.1. The van der Waals surface area contributed by atoms with E-state index >= 15 is 4.39 Å². The molecule has 2 N–H and O–H groups in total. The number of benzene rings is 2. The van der Waals surface area contributed by atoms with E-state index in [2.05, 4.69) is 57.9 Å². The average molecular weight is 702 g/mol. The van der Waals surface area contributed by atoms with Gasteiger partial charge in [-0.3, -0.25) is 44.0 Å². The molecular formula is C38H48FN7O5. The molecule has 0 bridgehead atoms. The quantitative estimate of drug-likeness (QED) is 0.400. The van der Waals surface area contributed by atoms with Crippen LogP contribution in [0.4, 0.5) is 15.8 Å². The highest BCUT2D eigenvalue weighted by atomic mass is 19.1. The van der Waals surface area contributed by atoms with Crippen molar-refractivity contribution in [2.24, 2.45) is 10.8 Å². The third-order valence-corrected chi connectivity index (χ3v) is 11.6. The molecule has 5 amide bonds. The summed E-state index contributed by atoms with van der Waals surface area (Å²) in [6, 6.07) is 9.17. The summed E-state index contributed by atoms with van der Waals surface area (Å²) in [6.07, 6.45) is 1.25. The highest BCUT2D eigenvalue weighted by Gasteiger charge is 2.53. The molecule has 1 atom stereocenters. The monoisotopic (exact) mass is 701 g/mol. The molecule has 1 aliphatic carbocycles. The fourth-order valence-electron chi connectivity index (χ4n) is 9.20. The maximum Gasteiger partial charge on any atom is 0.262 e. The highest BCUT2D eigenvalue weighted by molar-refractivity contribution is 6.23. The lowest BCUT2D eigenvalue weighted by molar-refractivity contribution is -0.136. The van der Waals surface area contributed by atoms with Crippen LogP contribution in [0.2, 0.25) is 0 Å². The van der Waals surface area contributed by atoms with Crippen molar-refractivity contribution < 1.29 is 28.4 Å². The van der Waals surface area contributed by atoms with Gasteiger partial charge in [-0.15, -0.1) is 0 Å². The molecule has 7 rings (SSSR count). The largest absolute Gasteiger partial charge is 0.369 e. The van der Waals surface area contributed by atoms with Crippen LogP contribution in [0.1, 0.15) is 78.0 Å². The van der Waals surface area contributed by atoms with Crippen LogP contribution in [0.5, 0.6) is 0 Å². The fourth-order valence-corrected chi connectivity index (χ4v) is 9.20. The van der Waals surface area contributed by atoms with Crippen molar-refractivity contribution in [3.8, 4) is 0 Å². The Balaban J connectivity index is 0.861. The number of hydrogen-bond donors (Lipinski definition) is 2. The van der Waals surface area contributed by atoms with Crippen LogP contribution in [0.3, 0.4) is 0 Å². The van der Waals surface area contributed by atoms with Crippen LogP contribution in [-0.4, -0.2) is 122 Å². The highest BCUT2D eigenvalue weighted by Crippen LogP contribution is 2.53. The van der Waals surface area contributed by atoms with E-state index in [1.165, 1.54) is 6.07 Å². The summed E-state index contributed by atoms with van der Waals surface area (Å²) in [5.74, 6) is -2.60. The molecule has 4 heterocycles. The Bertz CT molecular complexity index is 1750. The molecular weight excluding hydrogens is 653 g/mol. The second-order valence-electron chi connectivity index (χ2n) is 16.1. The molecule has 1 unspecified atom stereocenters. The van der Waals surface area contributed by atoms with Gasteiger partial charge < -0.3 is 15.1 Å². The second-order valence-corrected chi connectivity index (χ2v) is 16.1. The molecule has 2 aromatic rings. The van der Waals surface area contributed by atoms with Gasteiger partial charge in [0, 0.05) is 89.2 Å². The summed E-state index contributed by atoms with van der Waals surface area (Å²) in [5, 5.41) is 5.38. The Hall–Kier alpha value is -4.36. The van der Waals surface area contributed by atoms with Crippen LogP contribution in [0.15, 0.2) is 36.4 Å². The van der Waals surface area contributed by atoms with Crippen molar-refractivity contribution in [1.82, 2.24) is 25.3 Å². The average Bonchev–Trinajstić information content (AvgIpc) is 3.34. The van der Waals surface area contributed by atoms with Gasteiger partial charge in [-0.05, 0) is 60.1 Å². The standard InChI is InChI=1S/C38H48FN7O5/c1-37(2)23-38(3,4)36(37)41-32(48)24-5-8-29(28(39)21-24)45-19-15-43(16-20-45)12-11-42-13-17-44(18-14-42)25-6-7-26-27(22-25)35(51)46(34(26)50)30-9-10-31(47)40-33(30)49/h5-8,21-22,30,36H,9-20,23H2,1-4H3,(H,41,48)(H,40,47,49). The molecule has 0 radical (unpaired) electrons.